The number of nitrogens with zero attached hydrogens (tertiary/aromatic N) is 1. The van der Waals surface area contributed by atoms with Gasteiger partial charge in [0.15, 0.2) is 0 Å². The highest BCUT2D eigenvalue weighted by molar-refractivity contribution is 6.31. The van der Waals surface area contributed by atoms with Gasteiger partial charge in [0.25, 0.3) is 0 Å². The lowest BCUT2D eigenvalue weighted by Gasteiger charge is -2.04. The lowest BCUT2D eigenvalue weighted by molar-refractivity contribution is 0.655. The lowest BCUT2D eigenvalue weighted by atomic mass is 10.6. The van der Waals surface area contributed by atoms with Crippen molar-refractivity contribution in [3.63, 3.8) is 0 Å². The van der Waals surface area contributed by atoms with Crippen LogP contribution in [0.4, 0.5) is 0 Å². The van der Waals surface area contributed by atoms with Crippen LogP contribution in [-0.4, -0.2) is 28.3 Å². The van der Waals surface area contributed by atoms with E-state index in [1.54, 1.807) is 0 Å². The van der Waals surface area contributed by atoms with E-state index in [4.69, 9.17) is 0 Å². The van der Waals surface area contributed by atoms with E-state index in [9.17, 15) is 0 Å². The molecule has 0 bridgehead atoms. The largest absolute Gasteiger partial charge is 0.334 e. The molecule has 0 aromatic heterocycles. The zero-order valence-electron chi connectivity index (χ0n) is 5.57. The van der Waals surface area contributed by atoms with E-state index < -0.39 is 0 Å². The Hall–Kier alpha value is 0.177. The predicted molar refractivity (Wildman–Crippen MR) is 37.3 cm³/mol. The van der Waals surface area contributed by atoms with E-state index in [2.05, 4.69) is 25.6 Å². The van der Waals surface area contributed by atoms with Crippen LogP contribution in [0.25, 0.3) is 0 Å². The molecule has 44 valence electrons. The Morgan fingerprint density at radius 2 is 2.00 bits per heavy atom. The van der Waals surface area contributed by atoms with E-state index in [-0.39, 0.29) is 9.68 Å². The van der Waals surface area contributed by atoms with Crippen molar-refractivity contribution in [3.8, 4) is 0 Å². The molecule has 0 aliphatic carbocycles. The Bertz CT molecular complexity index is 37.1. The quantitative estimate of drug-likeness (QED) is 0.485. The molecule has 2 heteroatoms. The van der Waals surface area contributed by atoms with Crippen LogP contribution in [0.1, 0.15) is 13.3 Å². The highest BCUT2D eigenvalue weighted by Gasteiger charge is 1.85. The average molecular weight is 117 g/mol. The van der Waals surface area contributed by atoms with Gasteiger partial charge in [0.2, 0.25) is 0 Å². The number of rotatable bonds is 3. The third-order valence-corrected chi connectivity index (χ3v) is 2.88. The van der Waals surface area contributed by atoms with Crippen LogP contribution in [0, 0.1) is 0 Å². The maximum Gasteiger partial charge on any atom is 0.0943 e. The molecular weight excluding hydrogens is 102 g/mol. The van der Waals surface area contributed by atoms with Crippen LogP contribution in [0.2, 0.25) is 6.04 Å². The Labute approximate surface area is 48.6 Å². The maximum atomic E-state index is 2.35. The highest BCUT2D eigenvalue weighted by atomic mass is 28.2. The molecule has 0 aromatic carbocycles. The Morgan fingerprint density at radius 3 is 2.14 bits per heavy atom. The molecule has 0 aromatic rings. The first-order chi connectivity index (χ1) is 3.27. The van der Waals surface area contributed by atoms with Crippen molar-refractivity contribution in [2.75, 3.05) is 14.1 Å². The van der Waals surface area contributed by atoms with Crippen LogP contribution in [0.15, 0.2) is 0 Å². The summed E-state index contributed by atoms with van der Waals surface area (Å²) in [5, 5.41) is 0. The zero-order valence-corrected chi connectivity index (χ0v) is 6.98. The smallest absolute Gasteiger partial charge is 0.0943 e. The number of hydrogen-bond acceptors (Lipinski definition) is 1. The van der Waals surface area contributed by atoms with Gasteiger partial charge in [-0.25, -0.2) is 0 Å². The van der Waals surface area contributed by atoms with Gasteiger partial charge in [0, 0.05) is 0 Å². The first-order valence-electron chi connectivity index (χ1n) is 2.92. The fourth-order valence-electron chi connectivity index (χ4n) is 0.474. The van der Waals surface area contributed by atoms with Gasteiger partial charge in [0.1, 0.15) is 0 Å². The molecule has 0 amide bonds. The van der Waals surface area contributed by atoms with Crippen molar-refractivity contribution >= 4 is 9.68 Å². The summed E-state index contributed by atoms with van der Waals surface area (Å²) in [5.41, 5.74) is 0. The van der Waals surface area contributed by atoms with E-state index in [1.807, 2.05) is 0 Å². The van der Waals surface area contributed by atoms with E-state index in [0.29, 0.717) is 0 Å². The lowest BCUT2D eigenvalue weighted by Crippen LogP contribution is -2.15. The van der Waals surface area contributed by atoms with Crippen molar-refractivity contribution in [1.82, 2.24) is 4.57 Å². The summed E-state index contributed by atoms with van der Waals surface area (Å²) in [4.78, 5) is 0. The third-order valence-electron chi connectivity index (χ3n) is 0.959. The molecule has 0 aliphatic rings. The van der Waals surface area contributed by atoms with Crippen LogP contribution >= 0.6 is 0 Å². The average Bonchev–Trinajstić information content (AvgIpc) is 1.61. The molecule has 0 rings (SSSR count). The molecule has 0 unspecified atom stereocenters. The molecule has 0 N–H and O–H groups in total. The summed E-state index contributed by atoms with van der Waals surface area (Å²) in [7, 11) is 4.52. The van der Waals surface area contributed by atoms with E-state index in [0.717, 1.165) is 0 Å². The fourth-order valence-corrected chi connectivity index (χ4v) is 1.42. The fraction of sp³-hybridized carbons (Fsp3) is 1.00. The summed E-state index contributed by atoms with van der Waals surface area (Å²) in [6, 6.07) is 1.47. The van der Waals surface area contributed by atoms with Gasteiger partial charge in [-0.1, -0.05) is 19.4 Å². The van der Waals surface area contributed by atoms with Gasteiger partial charge >= 0.3 is 0 Å². The molecular formula is C5H15NSi. The Kier molecular flexibility index (Phi) is 4.45. The van der Waals surface area contributed by atoms with Gasteiger partial charge in [0.05, 0.1) is 9.68 Å². The molecule has 0 atom stereocenters. The van der Waals surface area contributed by atoms with Crippen LogP contribution in [0.5, 0.6) is 0 Å². The molecule has 1 nitrogen and oxygen atoms in total. The minimum Gasteiger partial charge on any atom is -0.334 e. The van der Waals surface area contributed by atoms with Crippen LogP contribution in [-0.2, 0) is 0 Å². The standard InChI is InChI=1S/C5H15NSi/c1-4-5-7-6(2)3/h4-5,7H2,1-3H3. The van der Waals surface area contributed by atoms with Gasteiger partial charge in [-0.05, 0) is 14.1 Å². The summed E-state index contributed by atoms with van der Waals surface area (Å²) < 4.78 is 2.35. The minimum atomic E-state index is 0.179. The maximum absolute atomic E-state index is 2.35. The van der Waals surface area contributed by atoms with E-state index >= 15 is 0 Å². The van der Waals surface area contributed by atoms with Crippen LogP contribution in [0.3, 0.4) is 0 Å². The first kappa shape index (κ1) is 7.18. The van der Waals surface area contributed by atoms with E-state index in [1.165, 1.54) is 12.5 Å². The predicted octanol–water partition coefficient (Wildman–Crippen LogP) is 0.460. The van der Waals surface area contributed by atoms with Gasteiger partial charge < -0.3 is 4.57 Å². The summed E-state index contributed by atoms with van der Waals surface area (Å²) in [5.74, 6) is 0. The monoisotopic (exact) mass is 117 g/mol. The van der Waals surface area contributed by atoms with Gasteiger partial charge in [-0.3, -0.25) is 0 Å². The van der Waals surface area contributed by atoms with Gasteiger partial charge in [-0.15, -0.1) is 0 Å². The van der Waals surface area contributed by atoms with Crippen LogP contribution < -0.4 is 0 Å². The Balaban J connectivity index is 2.68. The van der Waals surface area contributed by atoms with Crippen molar-refractivity contribution in [2.24, 2.45) is 0 Å². The Morgan fingerprint density at radius 1 is 1.43 bits per heavy atom. The first-order valence-corrected chi connectivity index (χ1v) is 4.55. The molecule has 7 heavy (non-hydrogen) atoms. The molecule has 0 spiro atoms. The molecule has 0 saturated heterocycles. The second-order valence-corrected chi connectivity index (χ2v) is 4.58. The van der Waals surface area contributed by atoms with Crippen molar-refractivity contribution in [3.05, 3.63) is 0 Å². The molecule has 0 aliphatic heterocycles. The molecule has 0 saturated carbocycles. The van der Waals surface area contributed by atoms with Crippen molar-refractivity contribution in [2.45, 2.75) is 19.4 Å². The number of hydrogen-bond donors (Lipinski definition) is 0. The molecule has 0 radical (unpaired) electrons. The minimum absolute atomic E-state index is 0.179. The second kappa shape index (κ2) is 4.34. The normalized spacial score (nSPS) is 12.0. The third kappa shape index (κ3) is 6.18. The zero-order chi connectivity index (χ0) is 5.70. The SMILES string of the molecule is CCC[SiH2]N(C)C. The van der Waals surface area contributed by atoms with Gasteiger partial charge in [-0.2, -0.15) is 0 Å². The summed E-state index contributed by atoms with van der Waals surface area (Å²) >= 11 is 0. The molecule has 0 heterocycles. The van der Waals surface area contributed by atoms with Crippen molar-refractivity contribution < 1.29 is 0 Å². The highest BCUT2D eigenvalue weighted by Crippen LogP contribution is 1.85. The summed E-state index contributed by atoms with van der Waals surface area (Å²) in [6.07, 6.45) is 1.37. The summed E-state index contributed by atoms with van der Waals surface area (Å²) in [6.45, 7) is 2.25. The second-order valence-electron chi connectivity index (χ2n) is 2.16. The topological polar surface area (TPSA) is 3.24 Å². The van der Waals surface area contributed by atoms with Crippen molar-refractivity contribution in [1.29, 1.82) is 0 Å². The molecule has 0 fully saturated rings.